The number of thiazole rings is 1. The zero-order chi connectivity index (χ0) is 11.6. The number of amides is 1. The second kappa shape index (κ2) is 4.15. The number of aryl methyl sites for hydroxylation is 1. The third-order valence-corrected chi connectivity index (χ3v) is 3.27. The molecule has 0 fully saturated rings. The van der Waals surface area contributed by atoms with Crippen molar-refractivity contribution in [3.63, 3.8) is 0 Å². The Labute approximate surface area is 91.8 Å². The van der Waals surface area contributed by atoms with Gasteiger partial charge in [-0.15, -0.1) is 0 Å². The van der Waals surface area contributed by atoms with Gasteiger partial charge in [0.1, 0.15) is 4.88 Å². The summed E-state index contributed by atoms with van der Waals surface area (Å²) >= 11 is 1.01. The average Bonchev–Trinajstić information content (AvgIpc) is 2.42. The number of anilines is 1. The highest BCUT2D eigenvalue weighted by Crippen LogP contribution is 2.22. The predicted octanol–water partition coefficient (Wildman–Crippen LogP) is 0.183. The van der Waals surface area contributed by atoms with Gasteiger partial charge in [0.15, 0.2) is 5.13 Å². The molecule has 0 aliphatic heterocycles. The van der Waals surface area contributed by atoms with Gasteiger partial charge in [0.05, 0.1) is 11.9 Å². The first-order valence-corrected chi connectivity index (χ1v) is 6.71. The minimum atomic E-state index is -3.35. The molecule has 8 heteroatoms. The first-order chi connectivity index (χ1) is 6.83. The quantitative estimate of drug-likeness (QED) is 0.800. The fourth-order valence-electron chi connectivity index (χ4n) is 0.923. The van der Waals surface area contributed by atoms with E-state index in [-0.39, 0.29) is 11.0 Å². The van der Waals surface area contributed by atoms with E-state index in [1.807, 2.05) is 0 Å². The number of rotatable bonds is 3. The van der Waals surface area contributed by atoms with Gasteiger partial charge < -0.3 is 5.32 Å². The molecule has 84 valence electrons. The maximum absolute atomic E-state index is 11.3. The minimum Gasteiger partial charge on any atom is -0.354 e. The molecule has 15 heavy (non-hydrogen) atoms. The molecule has 0 bridgehead atoms. The number of nitrogens with one attached hydrogen (secondary N) is 2. The second-order valence-corrected chi connectivity index (χ2v) is 5.63. The molecule has 1 heterocycles. The zero-order valence-electron chi connectivity index (χ0n) is 8.49. The van der Waals surface area contributed by atoms with Crippen molar-refractivity contribution in [2.75, 3.05) is 18.0 Å². The van der Waals surface area contributed by atoms with E-state index < -0.39 is 10.0 Å². The van der Waals surface area contributed by atoms with Crippen LogP contribution >= 0.6 is 11.3 Å². The molecule has 0 atom stereocenters. The third-order valence-electron chi connectivity index (χ3n) is 1.50. The first kappa shape index (κ1) is 11.9. The van der Waals surface area contributed by atoms with Gasteiger partial charge in [0.2, 0.25) is 10.0 Å². The summed E-state index contributed by atoms with van der Waals surface area (Å²) in [5.41, 5.74) is 0.505. The van der Waals surface area contributed by atoms with Crippen molar-refractivity contribution in [2.24, 2.45) is 0 Å². The van der Waals surface area contributed by atoms with Crippen molar-refractivity contribution in [1.82, 2.24) is 10.3 Å². The van der Waals surface area contributed by atoms with Crippen LogP contribution in [0.3, 0.4) is 0 Å². The molecule has 1 rings (SSSR count). The number of aromatic nitrogens is 1. The van der Waals surface area contributed by atoms with E-state index in [0.29, 0.717) is 10.6 Å². The molecular formula is C7H11N3O3S2. The molecule has 6 nitrogen and oxygen atoms in total. The summed E-state index contributed by atoms with van der Waals surface area (Å²) in [4.78, 5) is 15.6. The van der Waals surface area contributed by atoms with Gasteiger partial charge in [-0.3, -0.25) is 9.52 Å². The molecule has 0 radical (unpaired) electrons. The summed E-state index contributed by atoms with van der Waals surface area (Å²) in [5, 5.41) is 2.65. The number of hydrogen-bond acceptors (Lipinski definition) is 5. The van der Waals surface area contributed by atoms with Crippen LogP contribution in [0.2, 0.25) is 0 Å². The molecule has 0 saturated heterocycles. The summed E-state index contributed by atoms with van der Waals surface area (Å²) in [6.45, 7) is 1.65. The minimum absolute atomic E-state index is 0.202. The van der Waals surface area contributed by atoms with Crippen LogP contribution < -0.4 is 10.0 Å². The van der Waals surface area contributed by atoms with Crippen LogP contribution in [-0.2, 0) is 10.0 Å². The summed E-state index contributed by atoms with van der Waals surface area (Å²) in [6.07, 6.45) is 1.03. The van der Waals surface area contributed by atoms with E-state index >= 15 is 0 Å². The predicted molar refractivity (Wildman–Crippen MR) is 58.7 cm³/mol. The highest BCUT2D eigenvalue weighted by Gasteiger charge is 2.15. The van der Waals surface area contributed by atoms with E-state index in [1.165, 1.54) is 7.05 Å². The fraction of sp³-hybridized carbons (Fsp3) is 0.429. The molecule has 0 unspecified atom stereocenters. The molecule has 1 amide bonds. The number of nitrogens with zero attached hydrogens (tertiary/aromatic N) is 1. The van der Waals surface area contributed by atoms with E-state index in [9.17, 15) is 13.2 Å². The lowest BCUT2D eigenvalue weighted by molar-refractivity contribution is 0.0966. The molecule has 0 aliphatic rings. The fourth-order valence-corrected chi connectivity index (χ4v) is 2.67. The summed E-state index contributed by atoms with van der Waals surface area (Å²) in [7, 11) is -1.84. The molecule has 0 spiro atoms. The Hall–Kier alpha value is -1.15. The zero-order valence-corrected chi connectivity index (χ0v) is 10.1. The Morgan fingerprint density at radius 2 is 2.07 bits per heavy atom. The Morgan fingerprint density at radius 1 is 1.47 bits per heavy atom. The lowest BCUT2D eigenvalue weighted by atomic mass is 10.4. The number of sulfonamides is 1. The Bertz CT molecular complexity index is 478. The van der Waals surface area contributed by atoms with Crippen LogP contribution in [0.25, 0.3) is 0 Å². The van der Waals surface area contributed by atoms with Gasteiger partial charge in [-0.25, -0.2) is 13.4 Å². The van der Waals surface area contributed by atoms with Crippen molar-refractivity contribution in [1.29, 1.82) is 0 Å². The van der Waals surface area contributed by atoms with E-state index in [1.54, 1.807) is 6.92 Å². The summed E-state index contributed by atoms with van der Waals surface area (Å²) < 4.78 is 24.1. The Kier molecular flexibility index (Phi) is 3.30. The Balaban J connectivity index is 3.01. The molecule has 1 aromatic heterocycles. The highest BCUT2D eigenvalue weighted by atomic mass is 32.2. The SMILES string of the molecule is CNC(=O)c1sc(NS(C)(=O)=O)nc1C. The molecular weight excluding hydrogens is 238 g/mol. The van der Waals surface area contributed by atoms with Crippen LogP contribution in [0.15, 0.2) is 0 Å². The van der Waals surface area contributed by atoms with Gasteiger partial charge in [-0.05, 0) is 6.92 Å². The second-order valence-electron chi connectivity index (χ2n) is 2.89. The molecule has 1 aromatic rings. The average molecular weight is 249 g/mol. The molecule has 0 aromatic carbocycles. The van der Waals surface area contributed by atoms with Gasteiger partial charge in [-0.1, -0.05) is 11.3 Å². The van der Waals surface area contributed by atoms with Crippen LogP contribution in [0.4, 0.5) is 5.13 Å². The van der Waals surface area contributed by atoms with Crippen LogP contribution in [-0.4, -0.2) is 32.6 Å². The standard InChI is InChI=1S/C7H11N3O3S2/c1-4-5(6(11)8-2)14-7(9-4)10-15(3,12)13/h1-3H3,(H,8,11)(H,9,10). The maximum atomic E-state index is 11.3. The monoisotopic (exact) mass is 249 g/mol. The van der Waals surface area contributed by atoms with Crippen molar-refractivity contribution in [3.8, 4) is 0 Å². The number of carbonyl (C=O) groups is 1. The lowest BCUT2D eigenvalue weighted by Gasteiger charge is -1.96. The van der Waals surface area contributed by atoms with Crippen LogP contribution in [0.1, 0.15) is 15.4 Å². The van der Waals surface area contributed by atoms with Gasteiger partial charge >= 0.3 is 0 Å². The normalized spacial score (nSPS) is 11.1. The summed E-state index contributed by atoms with van der Waals surface area (Å²) in [6, 6.07) is 0. The van der Waals surface area contributed by atoms with Crippen molar-refractivity contribution >= 4 is 32.4 Å². The highest BCUT2D eigenvalue weighted by molar-refractivity contribution is 7.92. The van der Waals surface area contributed by atoms with E-state index in [0.717, 1.165) is 17.6 Å². The summed E-state index contributed by atoms with van der Waals surface area (Å²) in [5.74, 6) is -0.272. The lowest BCUT2D eigenvalue weighted by Crippen LogP contribution is -2.17. The van der Waals surface area contributed by atoms with E-state index in [4.69, 9.17) is 0 Å². The topological polar surface area (TPSA) is 88.2 Å². The third kappa shape index (κ3) is 3.17. The van der Waals surface area contributed by atoms with Crippen molar-refractivity contribution < 1.29 is 13.2 Å². The van der Waals surface area contributed by atoms with Gasteiger partial charge in [0, 0.05) is 7.05 Å². The first-order valence-electron chi connectivity index (χ1n) is 4.01. The molecule has 0 aliphatic carbocycles. The van der Waals surface area contributed by atoms with Gasteiger partial charge in [0.25, 0.3) is 5.91 Å². The number of hydrogen-bond donors (Lipinski definition) is 2. The molecule has 2 N–H and O–H groups in total. The van der Waals surface area contributed by atoms with Crippen LogP contribution in [0, 0.1) is 6.92 Å². The largest absolute Gasteiger partial charge is 0.354 e. The number of carbonyl (C=O) groups excluding carboxylic acids is 1. The van der Waals surface area contributed by atoms with Crippen molar-refractivity contribution in [3.05, 3.63) is 10.6 Å². The van der Waals surface area contributed by atoms with Crippen LogP contribution in [0.5, 0.6) is 0 Å². The van der Waals surface area contributed by atoms with E-state index in [2.05, 4.69) is 15.0 Å². The Morgan fingerprint density at radius 3 is 2.53 bits per heavy atom. The smallest absolute Gasteiger partial charge is 0.263 e. The van der Waals surface area contributed by atoms with Gasteiger partial charge in [-0.2, -0.15) is 0 Å². The molecule has 0 saturated carbocycles. The maximum Gasteiger partial charge on any atom is 0.263 e. The van der Waals surface area contributed by atoms with Crippen molar-refractivity contribution in [2.45, 2.75) is 6.92 Å².